The number of hydrogen-bond donors (Lipinski definition) is 0. The van der Waals surface area contributed by atoms with E-state index in [1.54, 1.807) is 17.0 Å². The maximum Gasteiger partial charge on any atom is 0.253 e. The summed E-state index contributed by atoms with van der Waals surface area (Å²) >= 11 is 3.31. The molecule has 1 heterocycles. The minimum atomic E-state index is 0.0310. The molecule has 1 aromatic rings. The number of nitrogens with zero attached hydrogens (tertiary/aromatic N) is 2. The second kappa shape index (κ2) is 4.40. The molecule has 0 fully saturated rings. The molecule has 0 saturated heterocycles. The Labute approximate surface area is 79.6 Å². The van der Waals surface area contributed by atoms with E-state index in [9.17, 15) is 4.79 Å². The molecule has 0 unspecified atom stereocenters. The van der Waals surface area contributed by atoms with Crippen LogP contribution >= 0.6 is 15.9 Å². The van der Waals surface area contributed by atoms with Crippen LogP contribution < -0.4 is 5.56 Å². The Morgan fingerprint density at radius 2 is 2.42 bits per heavy atom. The Hall–Kier alpha value is -0.640. The van der Waals surface area contributed by atoms with E-state index >= 15 is 0 Å². The molecule has 1 aromatic heterocycles. The summed E-state index contributed by atoms with van der Waals surface area (Å²) in [7, 11) is 0. The zero-order valence-electron chi connectivity index (χ0n) is 6.96. The van der Waals surface area contributed by atoms with Crippen molar-refractivity contribution in [3.63, 3.8) is 0 Å². The summed E-state index contributed by atoms with van der Waals surface area (Å²) in [5.74, 6) is 0. The fraction of sp³-hybridized carbons (Fsp3) is 0.500. The molecule has 0 aromatic carbocycles. The van der Waals surface area contributed by atoms with Gasteiger partial charge in [0.25, 0.3) is 5.56 Å². The molecule has 0 spiro atoms. The molecule has 12 heavy (non-hydrogen) atoms. The molecule has 66 valence electrons. The van der Waals surface area contributed by atoms with Gasteiger partial charge in [-0.2, -0.15) is 0 Å². The van der Waals surface area contributed by atoms with Crippen molar-refractivity contribution in [2.75, 3.05) is 5.33 Å². The third-order valence-electron chi connectivity index (χ3n) is 1.55. The molecular weight excluding hydrogens is 220 g/mol. The van der Waals surface area contributed by atoms with E-state index < -0.39 is 0 Å². The van der Waals surface area contributed by atoms with Crippen LogP contribution in [0.3, 0.4) is 0 Å². The van der Waals surface area contributed by atoms with Crippen LogP contribution in [0.25, 0.3) is 0 Å². The number of aromatic nitrogens is 2. The minimum Gasteiger partial charge on any atom is -0.299 e. The van der Waals surface area contributed by atoms with Gasteiger partial charge in [0, 0.05) is 23.6 Å². The fourth-order valence-corrected chi connectivity index (χ4v) is 1.17. The van der Waals surface area contributed by atoms with E-state index in [0.29, 0.717) is 0 Å². The third kappa shape index (κ3) is 2.44. The van der Waals surface area contributed by atoms with E-state index in [-0.39, 0.29) is 5.56 Å². The van der Waals surface area contributed by atoms with Crippen molar-refractivity contribution in [3.8, 4) is 0 Å². The maximum absolute atomic E-state index is 11.3. The molecule has 0 aliphatic carbocycles. The van der Waals surface area contributed by atoms with Gasteiger partial charge in [-0.25, -0.2) is 4.98 Å². The molecule has 1 rings (SSSR count). The zero-order valence-corrected chi connectivity index (χ0v) is 8.54. The normalized spacial score (nSPS) is 10.2. The van der Waals surface area contributed by atoms with Gasteiger partial charge in [0.2, 0.25) is 0 Å². The number of hydrogen-bond acceptors (Lipinski definition) is 2. The molecule has 0 atom stereocenters. The monoisotopic (exact) mass is 230 g/mol. The third-order valence-corrected chi connectivity index (χ3v) is 2.11. The highest BCUT2D eigenvalue weighted by atomic mass is 79.9. The lowest BCUT2D eigenvalue weighted by atomic mass is 10.4. The van der Waals surface area contributed by atoms with Crippen molar-refractivity contribution in [2.24, 2.45) is 0 Å². The lowest BCUT2D eigenvalue weighted by Gasteiger charge is -2.02. The van der Waals surface area contributed by atoms with E-state index in [2.05, 4.69) is 20.9 Å². The molecule has 3 nitrogen and oxygen atoms in total. The average molecular weight is 231 g/mol. The molecule has 4 heteroatoms. The SMILES string of the molecule is Cc1cc(=O)n(CCCBr)cn1. The molecule has 0 bridgehead atoms. The predicted octanol–water partition coefficient (Wildman–Crippen LogP) is 1.34. The van der Waals surface area contributed by atoms with Gasteiger partial charge in [-0.1, -0.05) is 15.9 Å². The second-order valence-corrected chi connectivity index (χ2v) is 3.40. The van der Waals surface area contributed by atoms with Crippen LogP contribution in [0.15, 0.2) is 17.2 Å². The van der Waals surface area contributed by atoms with Crippen LogP contribution in [0, 0.1) is 6.92 Å². The van der Waals surface area contributed by atoms with E-state index in [1.165, 1.54) is 0 Å². The van der Waals surface area contributed by atoms with Gasteiger partial charge >= 0.3 is 0 Å². The van der Waals surface area contributed by atoms with Crippen LogP contribution in [-0.2, 0) is 6.54 Å². The summed E-state index contributed by atoms with van der Waals surface area (Å²) in [6.45, 7) is 2.55. The summed E-state index contributed by atoms with van der Waals surface area (Å²) in [6.07, 6.45) is 2.55. The molecule has 0 saturated carbocycles. The fourth-order valence-electron chi connectivity index (χ4n) is 0.915. The second-order valence-electron chi connectivity index (χ2n) is 2.60. The van der Waals surface area contributed by atoms with Crippen molar-refractivity contribution >= 4 is 15.9 Å². The van der Waals surface area contributed by atoms with Gasteiger partial charge in [0.05, 0.1) is 6.33 Å². The quantitative estimate of drug-likeness (QED) is 0.735. The predicted molar refractivity (Wildman–Crippen MR) is 51.6 cm³/mol. The van der Waals surface area contributed by atoms with Gasteiger partial charge in [-0.15, -0.1) is 0 Å². The minimum absolute atomic E-state index is 0.0310. The van der Waals surface area contributed by atoms with Gasteiger partial charge in [-0.3, -0.25) is 9.36 Å². The standard InChI is InChI=1S/C8H11BrN2O/c1-7-5-8(12)11(6-10-7)4-2-3-9/h5-6H,2-4H2,1H3. The van der Waals surface area contributed by atoms with Crippen molar-refractivity contribution in [2.45, 2.75) is 19.9 Å². The summed E-state index contributed by atoms with van der Waals surface area (Å²) in [5, 5.41) is 0.910. The zero-order chi connectivity index (χ0) is 8.97. The summed E-state index contributed by atoms with van der Waals surface area (Å²) in [4.78, 5) is 15.3. The van der Waals surface area contributed by atoms with Gasteiger partial charge < -0.3 is 0 Å². The van der Waals surface area contributed by atoms with E-state index in [0.717, 1.165) is 24.0 Å². The lowest BCUT2D eigenvalue weighted by molar-refractivity contribution is 0.643. The van der Waals surface area contributed by atoms with E-state index in [1.807, 2.05) is 6.92 Å². The topological polar surface area (TPSA) is 34.9 Å². The first-order valence-electron chi connectivity index (χ1n) is 3.83. The van der Waals surface area contributed by atoms with Crippen molar-refractivity contribution in [1.82, 2.24) is 9.55 Å². The number of aryl methyl sites for hydroxylation is 2. The molecule has 0 aliphatic rings. The lowest BCUT2D eigenvalue weighted by Crippen LogP contribution is -2.20. The highest BCUT2D eigenvalue weighted by molar-refractivity contribution is 9.09. The first-order valence-corrected chi connectivity index (χ1v) is 4.95. The molecule has 0 N–H and O–H groups in total. The van der Waals surface area contributed by atoms with Crippen LogP contribution in [0.1, 0.15) is 12.1 Å². The highest BCUT2D eigenvalue weighted by Crippen LogP contribution is 1.91. The maximum atomic E-state index is 11.3. The first kappa shape index (κ1) is 9.45. The summed E-state index contributed by atoms with van der Waals surface area (Å²) in [5.41, 5.74) is 0.804. The smallest absolute Gasteiger partial charge is 0.253 e. The van der Waals surface area contributed by atoms with Crippen LogP contribution in [0.2, 0.25) is 0 Å². The Morgan fingerprint density at radius 3 is 3.00 bits per heavy atom. The Balaban J connectivity index is 2.80. The van der Waals surface area contributed by atoms with Gasteiger partial charge in [0.15, 0.2) is 0 Å². The molecular formula is C8H11BrN2O. The average Bonchev–Trinajstić information content (AvgIpc) is 2.03. The van der Waals surface area contributed by atoms with Crippen molar-refractivity contribution in [3.05, 3.63) is 28.4 Å². The van der Waals surface area contributed by atoms with Crippen LogP contribution in [0.4, 0.5) is 0 Å². The highest BCUT2D eigenvalue weighted by Gasteiger charge is 1.95. The summed E-state index contributed by atoms with van der Waals surface area (Å²) < 4.78 is 1.62. The molecule has 0 aliphatic heterocycles. The molecule has 0 amide bonds. The van der Waals surface area contributed by atoms with Crippen molar-refractivity contribution < 1.29 is 0 Å². The van der Waals surface area contributed by atoms with Crippen molar-refractivity contribution in [1.29, 1.82) is 0 Å². The number of rotatable bonds is 3. The number of halogens is 1. The number of alkyl halides is 1. The molecule has 0 radical (unpaired) electrons. The summed E-state index contributed by atoms with van der Waals surface area (Å²) in [6, 6.07) is 1.55. The first-order chi connectivity index (χ1) is 5.74. The Kier molecular flexibility index (Phi) is 3.47. The van der Waals surface area contributed by atoms with E-state index in [4.69, 9.17) is 0 Å². The Morgan fingerprint density at radius 1 is 1.67 bits per heavy atom. The van der Waals surface area contributed by atoms with Crippen LogP contribution in [0.5, 0.6) is 0 Å². The largest absolute Gasteiger partial charge is 0.299 e. The Bertz CT molecular complexity index is 308. The van der Waals surface area contributed by atoms with Gasteiger partial charge in [-0.05, 0) is 13.3 Å². The van der Waals surface area contributed by atoms with Crippen LogP contribution in [-0.4, -0.2) is 14.9 Å². The van der Waals surface area contributed by atoms with Gasteiger partial charge in [0.1, 0.15) is 0 Å².